The zero-order valence-corrected chi connectivity index (χ0v) is 16.3. The van der Waals surface area contributed by atoms with Crippen LogP contribution in [0.4, 0.5) is 0 Å². The molecule has 6 heteroatoms. The molecule has 0 saturated carbocycles. The number of aliphatic hydroxyl groups excluding tert-OH is 2. The van der Waals surface area contributed by atoms with Crippen LogP contribution in [0.2, 0.25) is 0 Å². The molecule has 2 rings (SSSR count). The summed E-state index contributed by atoms with van der Waals surface area (Å²) >= 11 is 0. The topological polar surface area (TPSA) is 93.1 Å². The van der Waals surface area contributed by atoms with E-state index in [1.54, 1.807) is 19.9 Å². The van der Waals surface area contributed by atoms with E-state index >= 15 is 0 Å². The second-order valence-corrected chi connectivity index (χ2v) is 7.73. The molecule has 27 heavy (non-hydrogen) atoms. The van der Waals surface area contributed by atoms with Crippen LogP contribution in [0.25, 0.3) is 0 Å². The van der Waals surface area contributed by atoms with E-state index in [9.17, 15) is 19.8 Å². The highest BCUT2D eigenvalue weighted by Crippen LogP contribution is 2.38. The van der Waals surface area contributed by atoms with Crippen molar-refractivity contribution in [2.75, 3.05) is 0 Å². The lowest BCUT2D eigenvalue weighted by molar-refractivity contribution is -0.182. The van der Waals surface area contributed by atoms with Gasteiger partial charge in [-0.3, -0.25) is 4.79 Å². The van der Waals surface area contributed by atoms with Crippen molar-refractivity contribution in [2.24, 2.45) is 5.92 Å². The summed E-state index contributed by atoms with van der Waals surface area (Å²) in [5.74, 6) is -1.27. The fourth-order valence-corrected chi connectivity index (χ4v) is 3.62. The van der Waals surface area contributed by atoms with Gasteiger partial charge in [-0.05, 0) is 51.0 Å². The van der Waals surface area contributed by atoms with Gasteiger partial charge < -0.3 is 19.7 Å². The number of carbonyl (C=O) groups excluding carboxylic acids is 2. The number of fused-ring (bicyclic) bond motifs is 3. The Kier molecular flexibility index (Phi) is 7.00. The van der Waals surface area contributed by atoms with Gasteiger partial charge in [0.1, 0.15) is 11.7 Å². The molecule has 0 radical (unpaired) electrons. The normalized spacial score (nSPS) is 35.7. The van der Waals surface area contributed by atoms with Crippen molar-refractivity contribution in [3.05, 3.63) is 36.0 Å². The van der Waals surface area contributed by atoms with Crippen LogP contribution in [0.15, 0.2) is 36.0 Å². The van der Waals surface area contributed by atoms with Gasteiger partial charge in [0.15, 0.2) is 0 Å². The Morgan fingerprint density at radius 1 is 1.37 bits per heavy atom. The largest absolute Gasteiger partial charge is 0.458 e. The summed E-state index contributed by atoms with van der Waals surface area (Å²) in [6.45, 7) is 8.68. The highest BCUT2D eigenvalue weighted by Gasteiger charge is 2.45. The van der Waals surface area contributed by atoms with E-state index in [1.807, 2.05) is 12.2 Å². The maximum atomic E-state index is 12.6. The second-order valence-electron chi connectivity index (χ2n) is 7.73. The first-order chi connectivity index (χ1) is 12.6. The molecule has 6 nitrogen and oxygen atoms in total. The molecule has 5 unspecified atom stereocenters. The van der Waals surface area contributed by atoms with Crippen LogP contribution in [-0.4, -0.2) is 46.1 Å². The molecule has 0 aromatic carbocycles. The summed E-state index contributed by atoms with van der Waals surface area (Å²) in [5.41, 5.74) is -0.0289. The molecule has 0 spiro atoms. The van der Waals surface area contributed by atoms with Gasteiger partial charge in [0.05, 0.1) is 12.2 Å². The number of ether oxygens (including phenoxy) is 2. The lowest BCUT2D eigenvalue weighted by Crippen LogP contribution is -2.47. The monoisotopic (exact) mass is 378 g/mol. The minimum Gasteiger partial charge on any atom is -0.458 e. The van der Waals surface area contributed by atoms with Gasteiger partial charge in [0.2, 0.25) is 0 Å². The molecule has 1 aliphatic heterocycles. The molecule has 2 aliphatic rings. The summed E-state index contributed by atoms with van der Waals surface area (Å²) in [6, 6.07) is 0. The molecule has 0 aromatic heterocycles. The molecule has 1 saturated heterocycles. The predicted octanol–water partition coefficient (Wildman–Crippen LogP) is 2.59. The molecule has 0 amide bonds. The van der Waals surface area contributed by atoms with Crippen molar-refractivity contribution >= 4 is 11.9 Å². The smallest absolute Gasteiger partial charge is 0.334 e. The van der Waals surface area contributed by atoms with Gasteiger partial charge in [-0.2, -0.15) is 0 Å². The molecule has 5 atom stereocenters. The first kappa shape index (κ1) is 21.4. The SMILES string of the molecule is C=C1C(=O)OC2(C)CCC1CC(O)C=CCC=C(C)C(O)CC2OC(C)=O. The van der Waals surface area contributed by atoms with Gasteiger partial charge in [-0.25, -0.2) is 4.79 Å². The van der Waals surface area contributed by atoms with Crippen LogP contribution in [-0.2, 0) is 19.1 Å². The van der Waals surface area contributed by atoms with E-state index in [-0.39, 0.29) is 12.3 Å². The Bertz CT molecular complexity index is 649. The Hall–Kier alpha value is -1.92. The van der Waals surface area contributed by atoms with Gasteiger partial charge in [-0.15, -0.1) is 0 Å². The number of rotatable bonds is 1. The Labute approximate surface area is 160 Å². The van der Waals surface area contributed by atoms with E-state index in [0.29, 0.717) is 31.3 Å². The zero-order valence-electron chi connectivity index (χ0n) is 16.3. The molecular formula is C21H30O6. The number of hydrogen-bond acceptors (Lipinski definition) is 6. The molecule has 0 aromatic rings. The van der Waals surface area contributed by atoms with Crippen molar-refractivity contribution in [1.29, 1.82) is 0 Å². The summed E-state index contributed by atoms with van der Waals surface area (Å²) in [5, 5.41) is 20.8. The predicted molar refractivity (Wildman–Crippen MR) is 101 cm³/mol. The van der Waals surface area contributed by atoms with Crippen LogP contribution in [0.1, 0.15) is 52.9 Å². The average molecular weight is 378 g/mol. The molecule has 1 aliphatic carbocycles. The molecular weight excluding hydrogens is 348 g/mol. The maximum Gasteiger partial charge on any atom is 0.334 e. The second kappa shape index (κ2) is 8.85. The van der Waals surface area contributed by atoms with Crippen LogP contribution in [0.3, 0.4) is 0 Å². The summed E-state index contributed by atoms with van der Waals surface area (Å²) in [7, 11) is 0. The summed E-state index contributed by atoms with van der Waals surface area (Å²) < 4.78 is 11.2. The molecule has 150 valence electrons. The number of allylic oxidation sites excluding steroid dienone is 2. The maximum absolute atomic E-state index is 12.6. The standard InChI is InChI=1S/C21H30O6/c1-13-7-5-6-8-17(23)11-16-9-10-21(4,27-20(25)14(16)2)19(12-18(13)24)26-15(3)22/h6-8,16-19,23-24H,2,5,9-12H2,1,3-4H3. The summed E-state index contributed by atoms with van der Waals surface area (Å²) in [4.78, 5) is 24.2. The van der Waals surface area contributed by atoms with E-state index in [0.717, 1.165) is 5.57 Å². The van der Waals surface area contributed by atoms with Crippen LogP contribution >= 0.6 is 0 Å². The highest BCUT2D eigenvalue weighted by atomic mass is 16.6. The van der Waals surface area contributed by atoms with Crippen LogP contribution < -0.4 is 0 Å². The number of carbonyl (C=O) groups is 2. The van der Waals surface area contributed by atoms with Crippen molar-refractivity contribution < 1.29 is 29.3 Å². The van der Waals surface area contributed by atoms with E-state index in [4.69, 9.17) is 9.47 Å². The average Bonchev–Trinajstić information content (AvgIpc) is 2.69. The Morgan fingerprint density at radius 2 is 2.07 bits per heavy atom. The van der Waals surface area contributed by atoms with Crippen LogP contribution in [0, 0.1) is 5.92 Å². The number of aliphatic hydroxyl groups is 2. The fraction of sp³-hybridized carbons (Fsp3) is 0.619. The van der Waals surface area contributed by atoms with Crippen molar-refractivity contribution in [3.63, 3.8) is 0 Å². The van der Waals surface area contributed by atoms with Crippen molar-refractivity contribution in [3.8, 4) is 0 Å². The molecule has 2 N–H and O–H groups in total. The number of hydrogen-bond donors (Lipinski definition) is 2. The quantitative estimate of drug-likeness (QED) is 0.414. The van der Waals surface area contributed by atoms with E-state index < -0.39 is 35.9 Å². The van der Waals surface area contributed by atoms with Crippen LogP contribution in [0.5, 0.6) is 0 Å². The third kappa shape index (κ3) is 5.53. The fourth-order valence-electron chi connectivity index (χ4n) is 3.62. The zero-order chi connectivity index (χ0) is 20.2. The minimum atomic E-state index is -1.08. The first-order valence-electron chi connectivity index (χ1n) is 9.41. The highest BCUT2D eigenvalue weighted by molar-refractivity contribution is 5.89. The third-order valence-electron chi connectivity index (χ3n) is 5.48. The lowest BCUT2D eigenvalue weighted by Gasteiger charge is -2.36. The Balaban J connectivity index is 2.43. The van der Waals surface area contributed by atoms with Gasteiger partial charge >= 0.3 is 11.9 Å². The van der Waals surface area contributed by atoms with Crippen molar-refractivity contribution in [1.82, 2.24) is 0 Å². The number of esters is 2. The van der Waals surface area contributed by atoms with E-state index in [2.05, 4.69) is 6.58 Å². The lowest BCUT2D eigenvalue weighted by atomic mass is 9.83. The minimum absolute atomic E-state index is 0.134. The van der Waals surface area contributed by atoms with E-state index in [1.165, 1.54) is 6.92 Å². The molecule has 1 fully saturated rings. The Morgan fingerprint density at radius 3 is 2.74 bits per heavy atom. The van der Waals surface area contributed by atoms with Gasteiger partial charge in [0.25, 0.3) is 0 Å². The summed E-state index contributed by atoms with van der Waals surface area (Å²) in [6.07, 6.45) is 5.15. The molecule has 2 bridgehead atoms. The third-order valence-corrected chi connectivity index (χ3v) is 5.48. The first-order valence-corrected chi connectivity index (χ1v) is 9.41. The van der Waals surface area contributed by atoms with Gasteiger partial charge in [0, 0.05) is 18.9 Å². The van der Waals surface area contributed by atoms with Crippen molar-refractivity contribution in [2.45, 2.75) is 76.8 Å². The molecule has 1 heterocycles. The van der Waals surface area contributed by atoms with Gasteiger partial charge in [-0.1, -0.05) is 24.8 Å².